The molecule has 5 nitrogen and oxygen atoms in total. The number of hydrogen-bond donors (Lipinski definition) is 1. The first kappa shape index (κ1) is 17.8. The Hall–Kier alpha value is -1.54. The van der Waals surface area contributed by atoms with Gasteiger partial charge in [0.25, 0.3) is 0 Å². The lowest BCUT2D eigenvalue weighted by molar-refractivity contribution is -0.129. The maximum Gasteiger partial charge on any atom is 0.341 e. The Kier molecular flexibility index (Phi) is 5.69. The molecular formula is C15H20F2N2O3S. The molecule has 8 heteroatoms. The molecule has 0 spiro atoms. The Labute approximate surface area is 134 Å². The van der Waals surface area contributed by atoms with Gasteiger partial charge in [0.2, 0.25) is 15.7 Å². The maximum atomic E-state index is 12.5. The van der Waals surface area contributed by atoms with E-state index in [9.17, 15) is 22.0 Å². The second kappa shape index (κ2) is 7.35. The highest BCUT2D eigenvalue weighted by Gasteiger charge is 2.27. The standard InChI is InChI=1S/C15H20F2N2O3S/c1-18-9-12-6-7-19(10-12)14(20)8-11-2-4-13(5-3-11)23(21,22)15(16)17/h2-5,12,15,18H,6-10H2,1H3. The summed E-state index contributed by atoms with van der Waals surface area (Å²) in [5, 5.41) is 3.09. The van der Waals surface area contributed by atoms with Crippen LogP contribution < -0.4 is 5.32 Å². The van der Waals surface area contributed by atoms with Crippen LogP contribution in [0.3, 0.4) is 0 Å². The second-order valence-corrected chi connectivity index (χ2v) is 7.60. The number of likely N-dealkylation sites (tertiary alicyclic amines) is 1. The molecule has 1 N–H and O–H groups in total. The topological polar surface area (TPSA) is 66.5 Å². The maximum absolute atomic E-state index is 12.5. The number of carbonyl (C=O) groups excluding carboxylic acids is 1. The number of nitrogens with one attached hydrogen (secondary N) is 1. The third kappa shape index (κ3) is 4.26. The lowest BCUT2D eigenvalue weighted by Crippen LogP contribution is -2.31. The molecular weight excluding hydrogens is 326 g/mol. The average molecular weight is 346 g/mol. The third-order valence-electron chi connectivity index (χ3n) is 3.97. The Morgan fingerprint density at radius 2 is 2.00 bits per heavy atom. The van der Waals surface area contributed by atoms with Crippen LogP contribution in [-0.4, -0.2) is 51.7 Å². The number of amides is 1. The van der Waals surface area contributed by atoms with Gasteiger partial charge < -0.3 is 10.2 Å². The SMILES string of the molecule is CNCC1CCN(C(=O)Cc2ccc(S(=O)(=O)C(F)F)cc2)C1. The zero-order valence-corrected chi connectivity index (χ0v) is 13.7. The average Bonchev–Trinajstić information content (AvgIpc) is 2.97. The fourth-order valence-corrected chi connectivity index (χ4v) is 3.42. The highest BCUT2D eigenvalue weighted by molar-refractivity contribution is 7.91. The van der Waals surface area contributed by atoms with Crippen LogP contribution in [0.15, 0.2) is 29.2 Å². The summed E-state index contributed by atoms with van der Waals surface area (Å²) in [5.74, 6) is -3.03. The Bertz CT molecular complexity index is 647. The molecule has 1 fully saturated rings. The molecule has 1 aromatic rings. The van der Waals surface area contributed by atoms with Crippen LogP contribution in [0, 0.1) is 5.92 Å². The third-order valence-corrected chi connectivity index (χ3v) is 5.37. The van der Waals surface area contributed by atoms with Gasteiger partial charge in [0.05, 0.1) is 11.3 Å². The zero-order valence-electron chi connectivity index (χ0n) is 12.8. The number of hydrogen-bond acceptors (Lipinski definition) is 4. The van der Waals surface area contributed by atoms with Crippen LogP contribution in [0.5, 0.6) is 0 Å². The quantitative estimate of drug-likeness (QED) is 0.843. The van der Waals surface area contributed by atoms with Crippen molar-refractivity contribution in [2.45, 2.75) is 23.5 Å². The van der Waals surface area contributed by atoms with Crippen LogP contribution in [0.25, 0.3) is 0 Å². The summed E-state index contributed by atoms with van der Waals surface area (Å²) in [6, 6.07) is 5.07. The van der Waals surface area contributed by atoms with Crippen LogP contribution in [0.4, 0.5) is 8.78 Å². The Morgan fingerprint density at radius 3 is 2.57 bits per heavy atom. The van der Waals surface area contributed by atoms with Crippen molar-refractivity contribution in [1.82, 2.24) is 10.2 Å². The number of sulfone groups is 1. The van der Waals surface area contributed by atoms with E-state index in [2.05, 4.69) is 5.32 Å². The first-order valence-electron chi connectivity index (χ1n) is 7.38. The normalized spacial score (nSPS) is 18.6. The van der Waals surface area contributed by atoms with Crippen molar-refractivity contribution in [1.29, 1.82) is 0 Å². The molecule has 1 aliphatic heterocycles. The van der Waals surface area contributed by atoms with E-state index in [0.29, 0.717) is 24.6 Å². The molecule has 1 aromatic carbocycles. The predicted octanol–water partition coefficient (Wildman–Crippen LogP) is 1.29. The van der Waals surface area contributed by atoms with Crippen molar-refractivity contribution in [3.8, 4) is 0 Å². The van der Waals surface area contributed by atoms with Gasteiger partial charge in [-0.1, -0.05) is 12.1 Å². The van der Waals surface area contributed by atoms with Crippen molar-refractivity contribution in [3.63, 3.8) is 0 Å². The van der Waals surface area contributed by atoms with Gasteiger partial charge in [-0.3, -0.25) is 4.79 Å². The molecule has 1 amide bonds. The van der Waals surface area contributed by atoms with Crippen LogP contribution in [-0.2, 0) is 21.1 Å². The molecule has 0 bridgehead atoms. The van der Waals surface area contributed by atoms with Crippen LogP contribution in [0.1, 0.15) is 12.0 Å². The number of alkyl halides is 2. The molecule has 23 heavy (non-hydrogen) atoms. The number of halogens is 2. The fraction of sp³-hybridized carbons (Fsp3) is 0.533. The minimum atomic E-state index is -4.59. The first-order chi connectivity index (χ1) is 10.8. The molecule has 1 aliphatic rings. The smallest absolute Gasteiger partial charge is 0.341 e. The summed E-state index contributed by atoms with van der Waals surface area (Å²) in [4.78, 5) is 13.6. The van der Waals surface area contributed by atoms with E-state index >= 15 is 0 Å². The Morgan fingerprint density at radius 1 is 1.35 bits per heavy atom. The molecule has 2 rings (SSSR count). The van der Waals surface area contributed by atoms with Crippen molar-refractivity contribution in [2.24, 2.45) is 5.92 Å². The number of carbonyl (C=O) groups is 1. The first-order valence-corrected chi connectivity index (χ1v) is 8.92. The molecule has 0 saturated carbocycles. The monoisotopic (exact) mass is 346 g/mol. The van der Waals surface area contributed by atoms with Crippen LogP contribution >= 0.6 is 0 Å². The highest BCUT2D eigenvalue weighted by atomic mass is 32.2. The van der Waals surface area contributed by atoms with E-state index in [4.69, 9.17) is 0 Å². The van der Waals surface area contributed by atoms with E-state index in [0.717, 1.165) is 25.1 Å². The summed E-state index contributed by atoms with van der Waals surface area (Å²) >= 11 is 0. The lowest BCUT2D eigenvalue weighted by atomic mass is 10.1. The van der Waals surface area contributed by atoms with Gasteiger partial charge in [-0.05, 0) is 43.6 Å². The van der Waals surface area contributed by atoms with Gasteiger partial charge in [-0.2, -0.15) is 8.78 Å². The minimum absolute atomic E-state index is 0.0342. The molecule has 1 heterocycles. The highest BCUT2D eigenvalue weighted by Crippen LogP contribution is 2.20. The van der Waals surface area contributed by atoms with Gasteiger partial charge in [0, 0.05) is 13.1 Å². The largest absolute Gasteiger partial charge is 0.342 e. The van der Waals surface area contributed by atoms with Gasteiger partial charge in [-0.15, -0.1) is 0 Å². The molecule has 1 atom stereocenters. The van der Waals surface area contributed by atoms with Crippen molar-refractivity contribution < 1.29 is 22.0 Å². The van der Waals surface area contributed by atoms with Crippen molar-refractivity contribution in [3.05, 3.63) is 29.8 Å². The minimum Gasteiger partial charge on any atom is -0.342 e. The lowest BCUT2D eigenvalue weighted by Gasteiger charge is -2.16. The molecule has 0 aromatic heterocycles. The molecule has 1 saturated heterocycles. The van der Waals surface area contributed by atoms with Crippen molar-refractivity contribution >= 4 is 15.7 Å². The fourth-order valence-electron chi connectivity index (χ4n) is 2.70. The molecule has 0 aliphatic carbocycles. The molecule has 0 radical (unpaired) electrons. The molecule has 128 valence electrons. The van der Waals surface area contributed by atoms with Gasteiger partial charge in [-0.25, -0.2) is 8.42 Å². The summed E-state index contributed by atoms with van der Waals surface area (Å²) in [6.45, 7) is 2.28. The summed E-state index contributed by atoms with van der Waals surface area (Å²) < 4.78 is 47.6. The van der Waals surface area contributed by atoms with E-state index in [1.807, 2.05) is 7.05 Å². The van der Waals surface area contributed by atoms with Gasteiger partial charge in [0.15, 0.2) is 0 Å². The van der Waals surface area contributed by atoms with Crippen LogP contribution in [0.2, 0.25) is 0 Å². The van der Waals surface area contributed by atoms with Crippen molar-refractivity contribution in [2.75, 3.05) is 26.7 Å². The number of benzene rings is 1. The van der Waals surface area contributed by atoms with E-state index < -0.39 is 20.5 Å². The summed E-state index contributed by atoms with van der Waals surface area (Å²) in [7, 11) is -2.71. The second-order valence-electron chi connectivity index (χ2n) is 5.68. The zero-order chi connectivity index (χ0) is 17.0. The number of rotatable bonds is 6. The van der Waals surface area contributed by atoms with E-state index in [1.165, 1.54) is 12.1 Å². The van der Waals surface area contributed by atoms with Gasteiger partial charge >= 0.3 is 5.76 Å². The van der Waals surface area contributed by atoms with E-state index in [-0.39, 0.29) is 12.3 Å². The van der Waals surface area contributed by atoms with Gasteiger partial charge in [0.1, 0.15) is 0 Å². The molecule has 1 unspecified atom stereocenters. The predicted molar refractivity (Wildman–Crippen MR) is 81.9 cm³/mol. The summed E-state index contributed by atoms with van der Waals surface area (Å²) in [5.41, 5.74) is 0.611. The number of nitrogens with zero attached hydrogens (tertiary/aromatic N) is 1. The Balaban J connectivity index is 1.98. The summed E-state index contributed by atoms with van der Waals surface area (Å²) in [6.07, 6.45) is 1.10. The van der Waals surface area contributed by atoms with E-state index in [1.54, 1.807) is 4.90 Å².